The Bertz CT molecular complexity index is 549. The van der Waals surface area contributed by atoms with Crippen molar-refractivity contribution in [2.24, 2.45) is 0 Å². The lowest BCUT2D eigenvalue weighted by Crippen LogP contribution is -2.42. The smallest absolute Gasteiger partial charge is 0.326 e. The number of nitrogens with one attached hydrogen (secondary N) is 1. The molecule has 0 saturated carbocycles. The lowest BCUT2D eigenvalue weighted by Gasteiger charge is -2.13. The number of carbonyl (C=O) groups excluding carboxylic acids is 2. The molecule has 0 spiro atoms. The molecule has 0 bridgehead atoms. The number of methoxy groups -OCH3 is 1. The molecule has 0 fully saturated rings. The van der Waals surface area contributed by atoms with Crippen LogP contribution in [0.15, 0.2) is 22.7 Å². The lowest BCUT2D eigenvalue weighted by molar-refractivity contribution is -0.147. The number of carboxylic acid groups (broad SMARTS) is 1. The quantitative estimate of drug-likeness (QED) is 0.784. The van der Waals surface area contributed by atoms with Gasteiger partial charge in [-0.05, 0) is 18.2 Å². The van der Waals surface area contributed by atoms with E-state index in [0.29, 0.717) is 4.47 Å². The van der Waals surface area contributed by atoms with Gasteiger partial charge in [-0.1, -0.05) is 15.9 Å². The van der Waals surface area contributed by atoms with Crippen LogP contribution in [0.2, 0.25) is 0 Å². The van der Waals surface area contributed by atoms with E-state index in [1.54, 1.807) is 0 Å². The Kier molecular flexibility index (Phi) is 5.63. The summed E-state index contributed by atoms with van der Waals surface area (Å²) in [6.45, 7) is 0. The number of hydrogen-bond donors (Lipinski definition) is 2. The van der Waals surface area contributed by atoms with Gasteiger partial charge in [0.2, 0.25) is 0 Å². The molecular weight excluding hydrogens is 337 g/mol. The second-order valence-electron chi connectivity index (χ2n) is 3.77. The maximum absolute atomic E-state index is 13.5. The van der Waals surface area contributed by atoms with Crippen molar-refractivity contribution in [3.63, 3.8) is 0 Å². The van der Waals surface area contributed by atoms with E-state index in [1.165, 1.54) is 12.1 Å². The molecule has 0 aliphatic carbocycles. The van der Waals surface area contributed by atoms with Gasteiger partial charge in [0, 0.05) is 4.47 Å². The fourth-order valence-electron chi connectivity index (χ4n) is 1.36. The zero-order valence-corrected chi connectivity index (χ0v) is 11.9. The number of aliphatic carboxylic acids is 1. The Morgan fingerprint density at radius 3 is 2.65 bits per heavy atom. The highest BCUT2D eigenvalue weighted by atomic mass is 79.9. The molecule has 6 nitrogen and oxygen atoms in total. The fourth-order valence-corrected chi connectivity index (χ4v) is 1.72. The zero-order chi connectivity index (χ0) is 15.3. The Labute approximate surface area is 122 Å². The minimum Gasteiger partial charge on any atom is -0.480 e. The molecule has 0 aliphatic heterocycles. The highest BCUT2D eigenvalue weighted by Gasteiger charge is 2.25. The molecule has 0 aliphatic rings. The number of amides is 1. The summed E-state index contributed by atoms with van der Waals surface area (Å²) in [5, 5.41) is 11.0. The third-order valence-electron chi connectivity index (χ3n) is 2.37. The largest absolute Gasteiger partial charge is 0.480 e. The molecule has 1 atom stereocenters. The predicted molar refractivity (Wildman–Crippen MR) is 69.6 cm³/mol. The van der Waals surface area contributed by atoms with Crippen LogP contribution >= 0.6 is 15.9 Å². The number of ether oxygens (including phenoxy) is 1. The van der Waals surface area contributed by atoms with E-state index in [4.69, 9.17) is 5.11 Å². The highest BCUT2D eigenvalue weighted by molar-refractivity contribution is 9.10. The SMILES string of the molecule is COC(=O)C[C@H](NC(=O)c1cc(Br)ccc1F)C(=O)O. The van der Waals surface area contributed by atoms with Gasteiger partial charge < -0.3 is 15.2 Å². The average molecular weight is 348 g/mol. The molecular formula is C12H11BrFNO5. The molecule has 1 rings (SSSR count). The summed E-state index contributed by atoms with van der Waals surface area (Å²) < 4.78 is 18.3. The Morgan fingerprint density at radius 2 is 2.10 bits per heavy atom. The summed E-state index contributed by atoms with van der Waals surface area (Å²) >= 11 is 3.07. The first-order valence-corrected chi connectivity index (χ1v) is 6.20. The van der Waals surface area contributed by atoms with E-state index in [-0.39, 0.29) is 5.56 Å². The molecule has 20 heavy (non-hydrogen) atoms. The standard InChI is InChI=1S/C12H11BrFNO5/c1-20-10(16)5-9(12(18)19)15-11(17)7-4-6(13)2-3-8(7)14/h2-4,9H,5H2,1H3,(H,15,17)(H,18,19)/t9-/m0/s1. The van der Waals surface area contributed by atoms with Gasteiger partial charge in [-0.25, -0.2) is 9.18 Å². The van der Waals surface area contributed by atoms with E-state index in [1.807, 2.05) is 0 Å². The highest BCUT2D eigenvalue weighted by Crippen LogP contribution is 2.15. The number of hydrogen-bond acceptors (Lipinski definition) is 4. The molecule has 1 amide bonds. The third kappa shape index (κ3) is 4.30. The van der Waals surface area contributed by atoms with Gasteiger partial charge in [0.25, 0.3) is 5.91 Å². The second kappa shape index (κ2) is 6.99. The Balaban J connectivity index is 2.88. The third-order valence-corrected chi connectivity index (χ3v) is 2.87. The molecule has 0 unspecified atom stereocenters. The van der Waals surface area contributed by atoms with Gasteiger partial charge in [0.05, 0.1) is 19.1 Å². The van der Waals surface area contributed by atoms with Crippen molar-refractivity contribution in [3.8, 4) is 0 Å². The minimum atomic E-state index is -1.49. The van der Waals surface area contributed by atoms with Crippen LogP contribution < -0.4 is 5.32 Å². The molecule has 0 aromatic heterocycles. The van der Waals surface area contributed by atoms with Gasteiger partial charge in [0.1, 0.15) is 11.9 Å². The number of halogens is 2. The van der Waals surface area contributed by atoms with Gasteiger partial charge in [-0.2, -0.15) is 0 Å². The van der Waals surface area contributed by atoms with Crippen molar-refractivity contribution >= 4 is 33.8 Å². The first-order valence-electron chi connectivity index (χ1n) is 5.40. The van der Waals surface area contributed by atoms with Crippen LogP contribution in [0.3, 0.4) is 0 Å². The van der Waals surface area contributed by atoms with Gasteiger partial charge in [-0.15, -0.1) is 0 Å². The molecule has 0 heterocycles. The van der Waals surface area contributed by atoms with Crippen LogP contribution in [0, 0.1) is 5.82 Å². The van der Waals surface area contributed by atoms with Crippen molar-refractivity contribution < 1.29 is 28.6 Å². The van der Waals surface area contributed by atoms with E-state index >= 15 is 0 Å². The fraction of sp³-hybridized carbons (Fsp3) is 0.250. The number of carbonyl (C=O) groups is 3. The topological polar surface area (TPSA) is 92.7 Å². The molecule has 0 saturated heterocycles. The summed E-state index contributed by atoms with van der Waals surface area (Å²) in [4.78, 5) is 33.8. The lowest BCUT2D eigenvalue weighted by atomic mass is 10.1. The number of rotatable bonds is 5. The van der Waals surface area contributed by atoms with E-state index < -0.39 is 36.1 Å². The van der Waals surface area contributed by atoms with Crippen molar-refractivity contribution in [2.75, 3.05) is 7.11 Å². The van der Waals surface area contributed by atoms with E-state index in [0.717, 1.165) is 13.2 Å². The predicted octanol–water partition coefficient (Wildman–Crippen LogP) is 1.33. The van der Waals surface area contributed by atoms with Crippen LogP contribution in [0.1, 0.15) is 16.8 Å². The normalized spacial score (nSPS) is 11.6. The monoisotopic (exact) mass is 347 g/mol. The molecule has 2 N–H and O–H groups in total. The van der Waals surface area contributed by atoms with Crippen LogP contribution in [0.25, 0.3) is 0 Å². The van der Waals surface area contributed by atoms with Gasteiger partial charge in [0.15, 0.2) is 0 Å². The summed E-state index contributed by atoms with van der Waals surface area (Å²) in [5.74, 6) is -3.94. The average Bonchev–Trinajstić information content (AvgIpc) is 2.40. The van der Waals surface area contributed by atoms with E-state index in [2.05, 4.69) is 26.0 Å². The second-order valence-corrected chi connectivity index (χ2v) is 4.68. The van der Waals surface area contributed by atoms with Crippen molar-refractivity contribution in [1.29, 1.82) is 0 Å². The summed E-state index contributed by atoms with van der Waals surface area (Å²) in [6, 6.07) is 2.18. The van der Waals surface area contributed by atoms with E-state index in [9.17, 15) is 18.8 Å². The molecule has 1 aromatic carbocycles. The van der Waals surface area contributed by atoms with Crippen molar-refractivity contribution in [1.82, 2.24) is 5.32 Å². The first-order chi connectivity index (χ1) is 9.35. The number of benzene rings is 1. The van der Waals surface area contributed by atoms with Crippen molar-refractivity contribution in [3.05, 3.63) is 34.1 Å². The Hall–Kier alpha value is -1.96. The van der Waals surface area contributed by atoms with Crippen LogP contribution in [0.4, 0.5) is 4.39 Å². The summed E-state index contributed by atoms with van der Waals surface area (Å²) in [6.07, 6.45) is -0.548. The Morgan fingerprint density at radius 1 is 1.45 bits per heavy atom. The summed E-state index contributed by atoms with van der Waals surface area (Å²) in [7, 11) is 1.09. The number of carboxylic acids is 1. The van der Waals surface area contributed by atoms with Crippen LogP contribution in [-0.2, 0) is 14.3 Å². The van der Waals surface area contributed by atoms with Crippen LogP contribution in [0.5, 0.6) is 0 Å². The zero-order valence-electron chi connectivity index (χ0n) is 10.4. The van der Waals surface area contributed by atoms with Gasteiger partial charge >= 0.3 is 11.9 Å². The van der Waals surface area contributed by atoms with Gasteiger partial charge in [-0.3, -0.25) is 9.59 Å². The van der Waals surface area contributed by atoms with Crippen molar-refractivity contribution in [2.45, 2.75) is 12.5 Å². The maximum atomic E-state index is 13.5. The molecule has 8 heteroatoms. The maximum Gasteiger partial charge on any atom is 0.326 e. The minimum absolute atomic E-state index is 0.324. The summed E-state index contributed by atoms with van der Waals surface area (Å²) in [5.41, 5.74) is -0.324. The number of esters is 1. The molecule has 0 radical (unpaired) electrons. The molecule has 108 valence electrons. The molecule has 1 aromatic rings. The first kappa shape index (κ1) is 16.1. The van der Waals surface area contributed by atoms with Crippen LogP contribution in [-0.4, -0.2) is 36.1 Å².